The lowest BCUT2D eigenvalue weighted by molar-refractivity contribution is 0.185. The minimum atomic E-state index is 0.725. The van der Waals surface area contributed by atoms with E-state index >= 15 is 0 Å². The van der Waals surface area contributed by atoms with E-state index in [4.69, 9.17) is 5.73 Å². The van der Waals surface area contributed by atoms with E-state index in [0.717, 1.165) is 74.1 Å². The van der Waals surface area contributed by atoms with Gasteiger partial charge in [0.15, 0.2) is 0 Å². The van der Waals surface area contributed by atoms with Crippen molar-refractivity contribution in [3.63, 3.8) is 0 Å². The lowest BCUT2D eigenvalue weighted by atomic mass is 9.66. The second-order valence-corrected chi connectivity index (χ2v) is 10.8. The summed E-state index contributed by atoms with van der Waals surface area (Å²) in [6.45, 7) is 4.14. The van der Waals surface area contributed by atoms with Crippen molar-refractivity contribution in [3.8, 4) is 0 Å². The maximum atomic E-state index is 5.58. The van der Waals surface area contributed by atoms with Crippen molar-refractivity contribution in [1.82, 2.24) is 10.6 Å². The third kappa shape index (κ3) is 6.43. The van der Waals surface area contributed by atoms with Crippen molar-refractivity contribution in [2.24, 2.45) is 41.2 Å². The monoisotopic (exact) mass is 413 g/mol. The summed E-state index contributed by atoms with van der Waals surface area (Å²) in [5.41, 5.74) is 5.58. The fourth-order valence-corrected chi connectivity index (χ4v) is 6.82. The molecule has 3 nitrogen and oxygen atoms in total. The first-order valence-corrected chi connectivity index (χ1v) is 13.3. The molecule has 0 radical (unpaired) electrons. The van der Waals surface area contributed by atoms with E-state index in [2.05, 4.69) is 34.9 Å². The van der Waals surface area contributed by atoms with Crippen LogP contribution in [0.25, 0.3) is 0 Å². The van der Waals surface area contributed by atoms with Crippen LogP contribution < -0.4 is 16.4 Å². The molecule has 30 heavy (non-hydrogen) atoms. The maximum absolute atomic E-state index is 5.58. The molecule has 6 aliphatic rings. The van der Waals surface area contributed by atoms with E-state index in [1.807, 2.05) is 0 Å². The van der Waals surface area contributed by atoms with E-state index in [-0.39, 0.29) is 0 Å². The minimum Gasteiger partial charge on any atom is -0.330 e. The Morgan fingerprint density at radius 1 is 0.733 bits per heavy atom. The smallest absolute Gasteiger partial charge is 0.00672 e. The molecule has 3 heteroatoms. The van der Waals surface area contributed by atoms with Crippen molar-refractivity contribution in [2.75, 3.05) is 26.2 Å². The second kappa shape index (κ2) is 11.8. The van der Waals surface area contributed by atoms with Gasteiger partial charge in [-0.05, 0) is 139 Å². The van der Waals surface area contributed by atoms with Crippen LogP contribution in [-0.4, -0.2) is 32.2 Å². The van der Waals surface area contributed by atoms with Crippen molar-refractivity contribution in [3.05, 3.63) is 24.3 Å². The van der Waals surface area contributed by atoms with Crippen LogP contribution in [0.1, 0.15) is 77.0 Å². The van der Waals surface area contributed by atoms with E-state index < -0.39 is 0 Å². The zero-order valence-corrected chi connectivity index (χ0v) is 19.2. The van der Waals surface area contributed by atoms with Gasteiger partial charge in [-0.1, -0.05) is 24.3 Å². The van der Waals surface area contributed by atoms with Gasteiger partial charge in [0, 0.05) is 6.04 Å². The van der Waals surface area contributed by atoms with Crippen molar-refractivity contribution in [1.29, 1.82) is 0 Å². The van der Waals surface area contributed by atoms with E-state index in [9.17, 15) is 0 Å². The summed E-state index contributed by atoms with van der Waals surface area (Å²) in [6.07, 6.45) is 26.9. The quantitative estimate of drug-likeness (QED) is 0.276. The van der Waals surface area contributed by atoms with Crippen molar-refractivity contribution in [2.45, 2.75) is 83.1 Å². The topological polar surface area (TPSA) is 50.1 Å². The number of hydrogen-bond acceptors (Lipinski definition) is 3. The van der Waals surface area contributed by atoms with Gasteiger partial charge in [-0.3, -0.25) is 0 Å². The van der Waals surface area contributed by atoms with Gasteiger partial charge in [0.25, 0.3) is 0 Å². The summed E-state index contributed by atoms with van der Waals surface area (Å²) >= 11 is 0. The molecule has 6 aliphatic carbocycles. The Labute approximate surface area is 185 Å². The molecule has 6 unspecified atom stereocenters. The van der Waals surface area contributed by atoms with Crippen LogP contribution in [0.15, 0.2) is 24.3 Å². The van der Waals surface area contributed by atoms with Crippen LogP contribution >= 0.6 is 0 Å². The summed E-state index contributed by atoms with van der Waals surface area (Å²) < 4.78 is 0. The molecule has 2 fully saturated rings. The highest BCUT2D eigenvalue weighted by Crippen LogP contribution is 2.44. The minimum absolute atomic E-state index is 0.725. The van der Waals surface area contributed by atoms with Gasteiger partial charge >= 0.3 is 0 Å². The average molecular weight is 414 g/mol. The average Bonchev–Trinajstić information content (AvgIpc) is 2.81. The molecule has 4 bridgehead atoms. The highest BCUT2D eigenvalue weighted by atomic mass is 14.9. The normalized spacial score (nSPS) is 35.2. The lowest BCUT2D eigenvalue weighted by Crippen LogP contribution is -2.35. The predicted octanol–water partition coefficient (Wildman–Crippen LogP) is 5.04. The highest BCUT2D eigenvalue weighted by Gasteiger charge is 2.33. The summed E-state index contributed by atoms with van der Waals surface area (Å²) in [4.78, 5) is 0. The number of fused-ring (bicyclic) bond motifs is 4. The standard InChI is InChI=1S/C27H47N3/c28-15-1-16-29-17-2-18-30-27(13-11-25-19-21-3-7-23(25)8-4-21)14-12-26-20-22-5-9-24(26)10-6-22/h3,5,7,9,21-27,29-30H,1-2,4,6,8,10-20,28H2. The first-order chi connectivity index (χ1) is 14.8. The largest absolute Gasteiger partial charge is 0.330 e. The summed E-state index contributed by atoms with van der Waals surface area (Å²) in [5.74, 6) is 5.50. The molecular weight excluding hydrogens is 366 g/mol. The number of rotatable bonds is 14. The van der Waals surface area contributed by atoms with Crippen LogP contribution in [0.4, 0.5) is 0 Å². The lowest BCUT2D eigenvalue weighted by Gasteiger charge is -2.40. The van der Waals surface area contributed by atoms with Gasteiger partial charge in [-0.2, -0.15) is 0 Å². The Hall–Kier alpha value is -0.640. The Morgan fingerprint density at radius 3 is 1.80 bits per heavy atom. The van der Waals surface area contributed by atoms with E-state index in [0.29, 0.717) is 0 Å². The Morgan fingerprint density at radius 2 is 1.33 bits per heavy atom. The molecule has 170 valence electrons. The van der Waals surface area contributed by atoms with Gasteiger partial charge in [0.05, 0.1) is 0 Å². The maximum Gasteiger partial charge on any atom is 0.00672 e. The molecule has 0 spiro atoms. The van der Waals surface area contributed by atoms with Crippen molar-refractivity contribution < 1.29 is 0 Å². The second-order valence-electron chi connectivity index (χ2n) is 10.8. The molecule has 6 atom stereocenters. The highest BCUT2D eigenvalue weighted by molar-refractivity contribution is 5.07. The molecule has 0 aromatic heterocycles. The Bertz CT molecular complexity index is 516. The number of nitrogens with two attached hydrogens (primary N) is 1. The molecule has 0 heterocycles. The van der Waals surface area contributed by atoms with Gasteiger partial charge in [0.1, 0.15) is 0 Å². The fourth-order valence-electron chi connectivity index (χ4n) is 6.82. The molecule has 0 aliphatic heterocycles. The van der Waals surface area contributed by atoms with Crippen LogP contribution in [0.5, 0.6) is 0 Å². The molecule has 4 N–H and O–H groups in total. The molecular formula is C27H47N3. The van der Waals surface area contributed by atoms with Crippen LogP contribution in [-0.2, 0) is 0 Å². The van der Waals surface area contributed by atoms with Gasteiger partial charge in [0.2, 0.25) is 0 Å². The summed E-state index contributed by atoms with van der Waals surface area (Å²) in [5, 5.41) is 7.51. The predicted molar refractivity (Wildman–Crippen MR) is 128 cm³/mol. The summed E-state index contributed by atoms with van der Waals surface area (Å²) in [6, 6.07) is 0.725. The third-order valence-electron chi connectivity index (χ3n) is 8.72. The van der Waals surface area contributed by atoms with Crippen molar-refractivity contribution >= 4 is 0 Å². The van der Waals surface area contributed by atoms with Crippen LogP contribution in [0, 0.1) is 35.5 Å². The Kier molecular flexibility index (Phi) is 8.89. The van der Waals surface area contributed by atoms with E-state index in [1.54, 1.807) is 0 Å². The van der Waals surface area contributed by atoms with E-state index in [1.165, 1.54) is 70.6 Å². The van der Waals surface area contributed by atoms with Gasteiger partial charge in [-0.15, -0.1) is 0 Å². The molecule has 0 amide bonds. The number of allylic oxidation sites excluding steroid dienone is 4. The SMILES string of the molecule is NCCCNCCCNC(CCC1CC2C=CC1CC2)CCC1CC2C=CC1CC2. The molecule has 2 saturated carbocycles. The zero-order valence-electron chi connectivity index (χ0n) is 19.2. The first kappa shape index (κ1) is 22.6. The van der Waals surface area contributed by atoms with Gasteiger partial charge < -0.3 is 16.4 Å². The number of nitrogens with one attached hydrogen (secondary N) is 2. The Balaban J connectivity index is 1.20. The van der Waals surface area contributed by atoms with Crippen LogP contribution in [0.2, 0.25) is 0 Å². The first-order valence-electron chi connectivity index (χ1n) is 13.3. The zero-order chi connectivity index (χ0) is 20.6. The summed E-state index contributed by atoms with van der Waals surface area (Å²) in [7, 11) is 0. The van der Waals surface area contributed by atoms with Gasteiger partial charge in [-0.25, -0.2) is 0 Å². The molecule has 0 saturated heterocycles. The number of hydrogen-bond donors (Lipinski definition) is 3. The molecule has 6 rings (SSSR count). The third-order valence-corrected chi connectivity index (χ3v) is 8.72. The molecule has 0 aromatic rings. The van der Waals surface area contributed by atoms with Crippen LogP contribution in [0.3, 0.4) is 0 Å². The molecule has 0 aromatic carbocycles. The fraction of sp³-hybridized carbons (Fsp3) is 0.852.